The van der Waals surface area contributed by atoms with Crippen LogP contribution in [0.3, 0.4) is 0 Å². The fourth-order valence-electron chi connectivity index (χ4n) is 2.01. The van der Waals surface area contributed by atoms with Gasteiger partial charge in [0.1, 0.15) is 0 Å². The van der Waals surface area contributed by atoms with E-state index in [1.165, 1.54) is 5.56 Å². The Hall–Kier alpha value is -1.32. The third-order valence-corrected chi connectivity index (χ3v) is 3.16. The van der Waals surface area contributed by atoms with E-state index in [9.17, 15) is 0 Å². The first-order valence-electron chi connectivity index (χ1n) is 6.06. The van der Waals surface area contributed by atoms with Crippen molar-refractivity contribution in [3.05, 3.63) is 53.3 Å². The summed E-state index contributed by atoms with van der Waals surface area (Å²) < 4.78 is 2.00. The second kappa shape index (κ2) is 6.03. The molecule has 0 bridgehead atoms. The largest absolute Gasteiger partial charge is 0.309 e. The predicted molar refractivity (Wildman–Crippen MR) is 75.0 cm³/mol. The normalized spacial score (nSPS) is 12.9. The van der Waals surface area contributed by atoms with Crippen molar-refractivity contribution in [2.24, 2.45) is 0 Å². The van der Waals surface area contributed by atoms with Crippen LogP contribution < -0.4 is 0 Å². The number of nitrogens with zero attached hydrogens (tertiary/aromatic N) is 3. The highest BCUT2D eigenvalue weighted by Gasteiger charge is 2.14. The molecule has 4 heteroatoms. The van der Waals surface area contributed by atoms with Crippen LogP contribution >= 0.6 is 11.6 Å². The molecule has 1 atom stereocenters. The molecule has 0 spiro atoms. The van der Waals surface area contributed by atoms with Gasteiger partial charge in [0.2, 0.25) is 0 Å². The maximum Gasteiger partial charge on any atom is 0.0781 e. The van der Waals surface area contributed by atoms with Crippen molar-refractivity contribution in [3.63, 3.8) is 0 Å². The van der Waals surface area contributed by atoms with Gasteiger partial charge in [0.25, 0.3) is 0 Å². The van der Waals surface area contributed by atoms with E-state index in [4.69, 9.17) is 11.6 Å². The van der Waals surface area contributed by atoms with Gasteiger partial charge in [-0.3, -0.25) is 4.68 Å². The molecular formula is C14H18ClN3. The molecule has 3 nitrogen and oxygen atoms in total. The van der Waals surface area contributed by atoms with Crippen LogP contribution in [0.2, 0.25) is 5.02 Å². The molecule has 1 unspecified atom stereocenters. The number of hydrogen-bond donors (Lipinski definition) is 0. The maximum absolute atomic E-state index is 6.07. The molecule has 96 valence electrons. The molecule has 2 rings (SSSR count). The third kappa shape index (κ3) is 3.34. The molecule has 0 saturated heterocycles. The minimum Gasteiger partial charge on any atom is -0.309 e. The van der Waals surface area contributed by atoms with E-state index >= 15 is 0 Å². The van der Waals surface area contributed by atoms with Gasteiger partial charge in [0.15, 0.2) is 0 Å². The lowest BCUT2D eigenvalue weighted by Crippen LogP contribution is -2.20. The van der Waals surface area contributed by atoms with Gasteiger partial charge in [-0.05, 0) is 50.8 Å². The zero-order valence-electron chi connectivity index (χ0n) is 10.8. The topological polar surface area (TPSA) is 21.1 Å². The molecule has 0 amide bonds. The molecule has 1 aromatic carbocycles. The standard InChI is InChI=1S/C14H18ClN3/c1-17(2)10-7-14(18-9-4-8-16-18)12-5-3-6-13(15)11-12/h3-6,8-9,11,14H,7,10H2,1-2H3. The lowest BCUT2D eigenvalue weighted by molar-refractivity contribution is 0.357. The molecule has 1 aromatic heterocycles. The molecule has 18 heavy (non-hydrogen) atoms. The van der Waals surface area contributed by atoms with E-state index in [-0.39, 0.29) is 6.04 Å². The Labute approximate surface area is 113 Å². The first-order chi connectivity index (χ1) is 8.66. The van der Waals surface area contributed by atoms with Crippen LogP contribution in [0.5, 0.6) is 0 Å². The van der Waals surface area contributed by atoms with E-state index in [1.54, 1.807) is 0 Å². The number of hydrogen-bond acceptors (Lipinski definition) is 2. The number of rotatable bonds is 5. The number of aromatic nitrogens is 2. The summed E-state index contributed by atoms with van der Waals surface area (Å²) in [6, 6.07) is 10.2. The van der Waals surface area contributed by atoms with Crippen LogP contribution in [-0.4, -0.2) is 35.3 Å². The Kier molecular flexibility index (Phi) is 4.39. The van der Waals surface area contributed by atoms with Crippen molar-refractivity contribution in [1.82, 2.24) is 14.7 Å². The fourth-order valence-corrected chi connectivity index (χ4v) is 2.21. The van der Waals surface area contributed by atoms with Gasteiger partial charge in [-0.2, -0.15) is 5.10 Å². The van der Waals surface area contributed by atoms with E-state index in [2.05, 4.69) is 30.2 Å². The van der Waals surface area contributed by atoms with Crippen LogP contribution in [-0.2, 0) is 0 Å². The SMILES string of the molecule is CN(C)CCC(c1cccc(Cl)c1)n1cccn1. The maximum atomic E-state index is 6.07. The number of halogens is 1. The monoisotopic (exact) mass is 263 g/mol. The average Bonchev–Trinajstić information content (AvgIpc) is 2.83. The van der Waals surface area contributed by atoms with Crippen molar-refractivity contribution >= 4 is 11.6 Å². The molecule has 0 N–H and O–H groups in total. The molecule has 0 aliphatic carbocycles. The average molecular weight is 264 g/mol. The summed E-state index contributed by atoms with van der Waals surface area (Å²) in [4.78, 5) is 2.18. The van der Waals surface area contributed by atoms with Crippen molar-refractivity contribution < 1.29 is 0 Å². The Morgan fingerprint density at radius 2 is 2.17 bits per heavy atom. The summed E-state index contributed by atoms with van der Waals surface area (Å²) in [5.41, 5.74) is 1.20. The molecule has 0 saturated carbocycles. The van der Waals surface area contributed by atoms with Crippen LogP contribution in [0, 0.1) is 0 Å². The quantitative estimate of drug-likeness (QED) is 0.827. The van der Waals surface area contributed by atoms with Crippen molar-refractivity contribution in [2.75, 3.05) is 20.6 Å². The summed E-state index contributed by atoms with van der Waals surface area (Å²) in [7, 11) is 4.16. The van der Waals surface area contributed by atoms with Crippen molar-refractivity contribution in [2.45, 2.75) is 12.5 Å². The van der Waals surface area contributed by atoms with E-state index in [0.29, 0.717) is 0 Å². The van der Waals surface area contributed by atoms with Gasteiger partial charge in [-0.25, -0.2) is 0 Å². The third-order valence-electron chi connectivity index (χ3n) is 2.93. The summed E-state index contributed by atoms with van der Waals surface area (Å²) in [5.74, 6) is 0. The minimum absolute atomic E-state index is 0.237. The Morgan fingerprint density at radius 1 is 1.33 bits per heavy atom. The molecule has 0 radical (unpaired) electrons. The smallest absolute Gasteiger partial charge is 0.0781 e. The Bertz CT molecular complexity index is 480. The van der Waals surface area contributed by atoms with Gasteiger partial charge in [0.05, 0.1) is 6.04 Å². The predicted octanol–water partition coefficient (Wildman–Crippen LogP) is 3.08. The molecule has 2 aromatic rings. The van der Waals surface area contributed by atoms with Crippen LogP contribution in [0.25, 0.3) is 0 Å². The van der Waals surface area contributed by atoms with Crippen LogP contribution in [0.1, 0.15) is 18.0 Å². The van der Waals surface area contributed by atoms with Gasteiger partial charge < -0.3 is 4.90 Å². The summed E-state index contributed by atoms with van der Waals surface area (Å²) >= 11 is 6.07. The molecule has 0 aliphatic rings. The van der Waals surface area contributed by atoms with Gasteiger partial charge in [-0.15, -0.1) is 0 Å². The van der Waals surface area contributed by atoms with E-state index < -0.39 is 0 Å². The molecule has 0 fully saturated rings. The summed E-state index contributed by atoms with van der Waals surface area (Å²) in [5, 5.41) is 5.13. The number of benzene rings is 1. The first kappa shape index (κ1) is 13.1. The Morgan fingerprint density at radius 3 is 2.78 bits per heavy atom. The zero-order chi connectivity index (χ0) is 13.0. The minimum atomic E-state index is 0.237. The van der Waals surface area contributed by atoms with Crippen LogP contribution in [0.15, 0.2) is 42.7 Å². The van der Waals surface area contributed by atoms with Gasteiger partial charge >= 0.3 is 0 Å². The van der Waals surface area contributed by atoms with E-state index in [1.807, 2.05) is 41.3 Å². The first-order valence-corrected chi connectivity index (χ1v) is 6.44. The van der Waals surface area contributed by atoms with E-state index in [0.717, 1.165) is 18.0 Å². The van der Waals surface area contributed by atoms with Crippen molar-refractivity contribution in [3.8, 4) is 0 Å². The lowest BCUT2D eigenvalue weighted by Gasteiger charge is -2.20. The fraction of sp³-hybridized carbons (Fsp3) is 0.357. The highest BCUT2D eigenvalue weighted by Crippen LogP contribution is 2.24. The zero-order valence-corrected chi connectivity index (χ0v) is 11.5. The lowest BCUT2D eigenvalue weighted by atomic mass is 10.0. The highest BCUT2D eigenvalue weighted by molar-refractivity contribution is 6.30. The molecular weight excluding hydrogens is 246 g/mol. The summed E-state index contributed by atoms with van der Waals surface area (Å²) in [6.07, 6.45) is 4.82. The second-order valence-electron chi connectivity index (χ2n) is 4.65. The summed E-state index contributed by atoms with van der Waals surface area (Å²) in [6.45, 7) is 1.01. The van der Waals surface area contributed by atoms with Gasteiger partial charge in [0, 0.05) is 17.4 Å². The van der Waals surface area contributed by atoms with Crippen molar-refractivity contribution in [1.29, 1.82) is 0 Å². The second-order valence-corrected chi connectivity index (χ2v) is 5.09. The van der Waals surface area contributed by atoms with Crippen LogP contribution in [0.4, 0.5) is 0 Å². The Balaban J connectivity index is 2.24. The van der Waals surface area contributed by atoms with Gasteiger partial charge in [-0.1, -0.05) is 23.7 Å². The highest BCUT2D eigenvalue weighted by atomic mass is 35.5. The molecule has 1 heterocycles. The molecule has 0 aliphatic heterocycles.